The number of hydrogen-bond acceptors (Lipinski definition) is 4. The SMILES string of the molecule is Cc1cc(C(=O)Nc2c(F)cc(F)cc2F)cc(NN)n1. The van der Waals surface area contributed by atoms with Crippen LogP contribution in [-0.4, -0.2) is 10.9 Å². The predicted molar refractivity (Wildman–Crippen MR) is 71.1 cm³/mol. The fraction of sp³-hybridized carbons (Fsp3) is 0.0769. The predicted octanol–water partition coefficient (Wildman–Crippen LogP) is 2.35. The number of anilines is 2. The highest BCUT2D eigenvalue weighted by Crippen LogP contribution is 2.21. The van der Waals surface area contributed by atoms with E-state index in [1.165, 1.54) is 12.1 Å². The van der Waals surface area contributed by atoms with Gasteiger partial charge in [-0.2, -0.15) is 0 Å². The smallest absolute Gasteiger partial charge is 0.256 e. The minimum atomic E-state index is -1.20. The van der Waals surface area contributed by atoms with Crippen molar-refractivity contribution >= 4 is 17.4 Å². The summed E-state index contributed by atoms with van der Waals surface area (Å²) >= 11 is 0. The van der Waals surface area contributed by atoms with E-state index in [2.05, 4.69) is 10.4 Å². The van der Waals surface area contributed by atoms with Crippen LogP contribution in [0.4, 0.5) is 24.7 Å². The second kappa shape index (κ2) is 5.80. The van der Waals surface area contributed by atoms with Crippen LogP contribution in [0.15, 0.2) is 24.3 Å². The van der Waals surface area contributed by atoms with Crippen LogP contribution in [0.1, 0.15) is 16.1 Å². The zero-order chi connectivity index (χ0) is 15.6. The molecule has 1 aromatic carbocycles. The number of nitrogens with zero attached hydrogens (tertiary/aromatic N) is 1. The highest BCUT2D eigenvalue weighted by Gasteiger charge is 2.16. The molecule has 0 aliphatic heterocycles. The zero-order valence-electron chi connectivity index (χ0n) is 10.9. The van der Waals surface area contributed by atoms with Gasteiger partial charge in [0, 0.05) is 23.4 Å². The van der Waals surface area contributed by atoms with Crippen molar-refractivity contribution < 1.29 is 18.0 Å². The third-order valence-corrected chi connectivity index (χ3v) is 2.61. The molecule has 0 atom stereocenters. The van der Waals surface area contributed by atoms with E-state index in [0.717, 1.165) is 0 Å². The van der Waals surface area contributed by atoms with Gasteiger partial charge in [-0.05, 0) is 19.1 Å². The van der Waals surface area contributed by atoms with E-state index in [1.807, 2.05) is 5.32 Å². The third-order valence-electron chi connectivity index (χ3n) is 2.61. The van der Waals surface area contributed by atoms with E-state index in [1.54, 1.807) is 6.92 Å². The number of benzene rings is 1. The Morgan fingerprint density at radius 1 is 1.14 bits per heavy atom. The number of hydrogen-bond donors (Lipinski definition) is 3. The summed E-state index contributed by atoms with van der Waals surface area (Å²) in [6.07, 6.45) is 0. The fourth-order valence-electron chi connectivity index (χ4n) is 1.72. The number of rotatable bonds is 3. The number of aromatic nitrogens is 1. The Kier molecular flexibility index (Phi) is 4.08. The number of halogens is 3. The highest BCUT2D eigenvalue weighted by molar-refractivity contribution is 6.04. The molecule has 0 spiro atoms. The van der Waals surface area contributed by atoms with Crippen LogP contribution >= 0.6 is 0 Å². The standard InChI is InChI=1S/C13H11F3N4O/c1-6-2-7(3-11(18-6)20-17)13(21)19-12-9(15)4-8(14)5-10(12)16/h2-5H,17H2,1H3,(H,18,20)(H,19,21). The topological polar surface area (TPSA) is 80.0 Å². The van der Waals surface area contributed by atoms with Crippen molar-refractivity contribution in [1.82, 2.24) is 4.98 Å². The van der Waals surface area contributed by atoms with Gasteiger partial charge in [0.05, 0.1) is 0 Å². The number of carbonyl (C=O) groups excluding carboxylic acids is 1. The Morgan fingerprint density at radius 2 is 1.76 bits per heavy atom. The molecule has 0 saturated carbocycles. The number of nitrogen functional groups attached to an aromatic ring is 1. The molecule has 1 aromatic heterocycles. The molecule has 21 heavy (non-hydrogen) atoms. The van der Waals surface area contributed by atoms with Crippen LogP contribution in [-0.2, 0) is 0 Å². The quantitative estimate of drug-likeness (QED) is 0.600. The van der Waals surface area contributed by atoms with Crippen LogP contribution in [0.3, 0.4) is 0 Å². The summed E-state index contributed by atoms with van der Waals surface area (Å²) in [6.45, 7) is 1.62. The molecule has 8 heteroatoms. The van der Waals surface area contributed by atoms with Crippen molar-refractivity contribution in [2.75, 3.05) is 10.7 Å². The molecular weight excluding hydrogens is 285 g/mol. The van der Waals surface area contributed by atoms with Crippen molar-refractivity contribution in [2.45, 2.75) is 6.92 Å². The maximum Gasteiger partial charge on any atom is 0.256 e. The molecule has 0 aliphatic rings. The second-order valence-corrected chi connectivity index (χ2v) is 4.23. The molecule has 4 N–H and O–H groups in total. The molecule has 0 saturated heterocycles. The summed E-state index contributed by atoms with van der Waals surface area (Å²) in [4.78, 5) is 16.0. The van der Waals surface area contributed by atoms with E-state index < -0.39 is 29.0 Å². The molecule has 110 valence electrons. The van der Waals surface area contributed by atoms with Gasteiger partial charge in [0.25, 0.3) is 5.91 Å². The maximum atomic E-state index is 13.5. The average molecular weight is 296 g/mol. The molecule has 0 fully saturated rings. The van der Waals surface area contributed by atoms with Gasteiger partial charge in [0.15, 0.2) is 11.6 Å². The Balaban J connectivity index is 2.32. The Morgan fingerprint density at radius 3 is 2.33 bits per heavy atom. The van der Waals surface area contributed by atoms with Gasteiger partial charge in [-0.25, -0.2) is 24.0 Å². The van der Waals surface area contributed by atoms with E-state index >= 15 is 0 Å². The lowest BCUT2D eigenvalue weighted by Crippen LogP contribution is -2.16. The zero-order valence-corrected chi connectivity index (χ0v) is 10.9. The summed E-state index contributed by atoms with van der Waals surface area (Å²) in [7, 11) is 0. The number of hydrazine groups is 1. The second-order valence-electron chi connectivity index (χ2n) is 4.23. The van der Waals surface area contributed by atoms with Gasteiger partial charge in [0.2, 0.25) is 0 Å². The number of nitrogens with two attached hydrogens (primary N) is 1. The molecule has 0 bridgehead atoms. The van der Waals surface area contributed by atoms with Crippen molar-refractivity contribution in [1.29, 1.82) is 0 Å². The molecule has 5 nitrogen and oxygen atoms in total. The largest absolute Gasteiger partial charge is 0.317 e. The van der Waals surface area contributed by atoms with E-state index in [0.29, 0.717) is 17.8 Å². The summed E-state index contributed by atoms with van der Waals surface area (Å²) in [5, 5.41) is 2.05. The lowest BCUT2D eigenvalue weighted by Gasteiger charge is -2.09. The minimum absolute atomic E-state index is 0.0959. The van der Waals surface area contributed by atoms with Crippen molar-refractivity contribution in [3.05, 3.63) is 53.0 Å². The number of carbonyl (C=O) groups is 1. The lowest BCUT2D eigenvalue weighted by molar-refractivity contribution is 0.102. The number of nitrogens with one attached hydrogen (secondary N) is 2. The molecule has 2 aromatic rings. The van der Waals surface area contributed by atoms with Gasteiger partial charge in [-0.15, -0.1) is 0 Å². The van der Waals surface area contributed by atoms with Crippen LogP contribution in [0.25, 0.3) is 0 Å². The first-order valence-corrected chi connectivity index (χ1v) is 5.82. The summed E-state index contributed by atoms with van der Waals surface area (Å²) < 4.78 is 39.7. The van der Waals surface area contributed by atoms with Gasteiger partial charge in [-0.1, -0.05) is 0 Å². The van der Waals surface area contributed by atoms with E-state index in [4.69, 9.17) is 5.84 Å². The van der Waals surface area contributed by atoms with Gasteiger partial charge in [-0.3, -0.25) is 4.79 Å². The van der Waals surface area contributed by atoms with Crippen molar-refractivity contribution in [3.8, 4) is 0 Å². The first kappa shape index (κ1) is 14.8. The maximum absolute atomic E-state index is 13.5. The monoisotopic (exact) mass is 296 g/mol. The normalized spacial score (nSPS) is 10.3. The first-order valence-electron chi connectivity index (χ1n) is 5.82. The van der Waals surface area contributed by atoms with Crippen molar-refractivity contribution in [3.63, 3.8) is 0 Å². The molecule has 1 heterocycles. The molecular formula is C13H11F3N4O. The molecule has 2 rings (SSSR count). The average Bonchev–Trinajstić information content (AvgIpc) is 2.41. The highest BCUT2D eigenvalue weighted by atomic mass is 19.1. The third kappa shape index (κ3) is 3.29. The van der Waals surface area contributed by atoms with Gasteiger partial charge in [0.1, 0.15) is 17.3 Å². The fourth-order valence-corrected chi connectivity index (χ4v) is 1.72. The van der Waals surface area contributed by atoms with Crippen LogP contribution in [0, 0.1) is 24.4 Å². The van der Waals surface area contributed by atoms with Crippen molar-refractivity contribution in [2.24, 2.45) is 5.84 Å². The minimum Gasteiger partial charge on any atom is -0.317 e. The summed E-state index contributed by atoms with van der Waals surface area (Å²) in [5.74, 6) is 1.16. The molecule has 0 unspecified atom stereocenters. The molecule has 1 amide bonds. The summed E-state index contributed by atoms with van der Waals surface area (Å²) in [5.41, 5.74) is 2.12. The Hall–Kier alpha value is -2.61. The van der Waals surface area contributed by atoms with E-state index in [-0.39, 0.29) is 11.4 Å². The Bertz CT molecular complexity index is 683. The molecule has 0 radical (unpaired) electrons. The number of aryl methyl sites for hydroxylation is 1. The van der Waals surface area contributed by atoms with Crippen LogP contribution < -0.4 is 16.6 Å². The van der Waals surface area contributed by atoms with Crippen LogP contribution in [0.2, 0.25) is 0 Å². The first-order chi connectivity index (χ1) is 9.90. The summed E-state index contributed by atoms with van der Waals surface area (Å²) in [6, 6.07) is 3.67. The van der Waals surface area contributed by atoms with Crippen LogP contribution in [0.5, 0.6) is 0 Å². The molecule has 0 aliphatic carbocycles. The van der Waals surface area contributed by atoms with E-state index in [9.17, 15) is 18.0 Å². The number of pyridine rings is 1. The Labute approximate surface area is 118 Å². The number of amides is 1. The van der Waals surface area contributed by atoms with Gasteiger partial charge >= 0.3 is 0 Å². The van der Waals surface area contributed by atoms with Gasteiger partial charge < -0.3 is 10.7 Å². The lowest BCUT2D eigenvalue weighted by atomic mass is 10.2.